The van der Waals surface area contributed by atoms with Crippen molar-refractivity contribution in [2.75, 3.05) is 20.2 Å². The molecule has 0 saturated carbocycles. The molecule has 1 aromatic carbocycles. The fourth-order valence-corrected chi connectivity index (χ4v) is 2.87. The van der Waals surface area contributed by atoms with Crippen LogP contribution in [-0.2, 0) is 0 Å². The Hall–Kier alpha value is -1.02. The predicted octanol–water partition coefficient (Wildman–Crippen LogP) is 3.03. The van der Waals surface area contributed by atoms with Gasteiger partial charge in [-0.25, -0.2) is 0 Å². The Morgan fingerprint density at radius 3 is 2.59 bits per heavy atom. The van der Waals surface area contributed by atoms with E-state index in [1.165, 1.54) is 23.1 Å². The van der Waals surface area contributed by atoms with Crippen LogP contribution in [0.25, 0.3) is 0 Å². The topological polar surface area (TPSA) is 21.3 Å². The summed E-state index contributed by atoms with van der Waals surface area (Å²) in [6.07, 6.45) is 1.29. The van der Waals surface area contributed by atoms with Crippen LogP contribution in [0, 0.1) is 19.8 Å². The standard InChI is InChI=1S/C15H23NO/c1-10-5-13(9-16-8-10)14-6-12(3)15(17-4)7-11(14)2/h6-7,10,13,16H,5,8-9H2,1-4H3. The molecule has 1 fully saturated rings. The minimum atomic E-state index is 0.656. The van der Waals surface area contributed by atoms with Gasteiger partial charge in [0.25, 0.3) is 0 Å². The number of hydrogen-bond acceptors (Lipinski definition) is 2. The average Bonchev–Trinajstić information content (AvgIpc) is 2.31. The molecule has 94 valence electrons. The van der Waals surface area contributed by atoms with Gasteiger partial charge < -0.3 is 10.1 Å². The first-order valence-corrected chi connectivity index (χ1v) is 6.47. The molecule has 17 heavy (non-hydrogen) atoms. The maximum atomic E-state index is 5.37. The van der Waals surface area contributed by atoms with Gasteiger partial charge in [-0.1, -0.05) is 13.0 Å². The maximum Gasteiger partial charge on any atom is 0.122 e. The summed E-state index contributed by atoms with van der Waals surface area (Å²) in [4.78, 5) is 0. The van der Waals surface area contributed by atoms with Crippen molar-refractivity contribution in [2.24, 2.45) is 5.92 Å². The summed E-state index contributed by atoms with van der Waals surface area (Å²) in [7, 11) is 1.74. The highest BCUT2D eigenvalue weighted by molar-refractivity contribution is 5.43. The molecule has 0 amide bonds. The third kappa shape index (κ3) is 2.63. The quantitative estimate of drug-likeness (QED) is 0.848. The molecule has 1 saturated heterocycles. The molecule has 1 N–H and O–H groups in total. The summed E-state index contributed by atoms with van der Waals surface area (Å²) in [6.45, 7) is 8.91. The third-order valence-electron chi connectivity index (χ3n) is 3.79. The number of rotatable bonds is 2. The molecule has 2 nitrogen and oxygen atoms in total. The van der Waals surface area contributed by atoms with Crippen LogP contribution < -0.4 is 10.1 Å². The molecule has 2 atom stereocenters. The Kier molecular flexibility index (Phi) is 3.72. The number of aryl methyl sites for hydroxylation is 2. The highest BCUT2D eigenvalue weighted by Gasteiger charge is 2.22. The van der Waals surface area contributed by atoms with Crippen LogP contribution in [0.2, 0.25) is 0 Å². The second kappa shape index (κ2) is 5.09. The average molecular weight is 233 g/mol. The van der Waals surface area contributed by atoms with Gasteiger partial charge in [-0.3, -0.25) is 0 Å². The van der Waals surface area contributed by atoms with Crippen LogP contribution in [0.5, 0.6) is 5.75 Å². The molecule has 2 heteroatoms. The monoisotopic (exact) mass is 233 g/mol. The van der Waals surface area contributed by atoms with Crippen LogP contribution in [-0.4, -0.2) is 20.2 Å². The van der Waals surface area contributed by atoms with Gasteiger partial charge in [0, 0.05) is 6.54 Å². The van der Waals surface area contributed by atoms with Crippen molar-refractivity contribution in [2.45, 2.75) is 33.1 Å². The van der Waals surface area contributed by atoms with E-state index in [4.69, 9.17) is 4.74 Å². The van der Waals surface area contributed by atoms with Crippen LogP contribution in [0.1, 0.15) is 36.0 Å². The van der Waals surface area contributed by atoms with Crippen molar-refractivity contribution >= 4 is 0 Å². The number of nitrogens with one attached hydrogen (secondary N) is 1. The molecular weight excluding hydrogens is 210 g/mol. The first kappa shape index (κ1) is 12.4. The lowest BCUT2D eigenvalue weighted by Crippen LogP contribution is -2.34. The Morgan fingerprint density at radius 1 is 1.18 bits per heavy atom. The van der Waals surface area contributed by atoms with E-state index in [0.717, 1.165) is 24.8 Å². The summed E-state index contributed by atoms with van der Waals surface area (Å²) >= 11 is 0. The zero-order chi connectivity index (χ0) is 12.4. The molecule has 0 aliphatic carbocycles. The number of ether oxygens (including phenoxy) is 1. The van der Waals surface area contributed by atoms with Crippen molar-refractivity contribution in [3.63, 3.8) is 0 Å². The van der Waals surface area contributed by atoms with Crippen molar-refractivity contribution in [1.82, 2.24) is 5.32 Å². The molecule has 2 rings (SSSR count). The predicted molar refractivity (Wildman–Crippen MR) is 71.9 cm³/mol. The van der Waals surface area contributed by atoms with Gasteiger partial charge in [0.15, 0.2) is 0 Å². The van der Waals surface area contributed by atoms with Crippen molar-refractivity contribution in [3.8, 4) is 5.75 Å². The van der Waals surface area contributed by atoms with Gasteiger partial charge in [0.2, 0.25) is 0 Å². The second-order valence-corrected chi connectivity index (χ2v) is 5.37. The third-order valence-corrected chi connectivity index (χ3v) is 3.79. The SMILES string of the molecule is COc1cc(C)c(C2CNCC(C)C2)cc1C. The molecule has 1 heterocycles. The first-order valence-electron chi connectivity index (χ1n) is 6.47. The van der Waals surface area contributed by atoms with Crippen LogP contribution in [0.3, 0.4) is 0 Å². The Morgan fingerprint density at radius 2 is 1.94 bits per heavy atom. The van der Waals surface area contributed by atoms with Crippen LogP contribution >= 0.6 is 0 Å². The minimum Gasteiger partial charge on any atom is -0.496 e. The molecule has 1 aromatic rings. The van der Waals surface area contributed by atoms with E-state index in [-0.39, 0.29) is 0 Å². The number of benzene rings is 1. The Bertz CT molecular complexity index is 400. The van der Waals surface area contributed by atoms with E-state index in [9.17, 15) is 0 Å². The molecule has 0 radical (unpaired) electrons. The smallest absolute Gasteiger partial charge is 0.122 e. The van der Waals surface area contributed by atoms with E-state index in [2.05, 4.69) is 38.2 Å². The van der Waals surface area contributed by atoms with E-state index in [1.807, 2.05) is 0 Å². The highest BCUT2D eigenvalue weighted by atomic mass is 16.5. The second-order valence-electron chi connectivity index (χ2n) is 5.37. The fourth-order valence-electron chi connectivity index (χ4n) is 2.87. The lowest BCUT2D eigenvalue weighted by Gasteiger charge is -2.29. The number of hydrogen-bond donors (Lipinski definition) is 1. The van der Waals surface area contributed by atoms with Crippen LogP contribution in [0.15, 0.2) is 12.1 Å². The molecule has 2 unspecified atom stereocenters. The van der Waals surface area contributed by atoms with Gasteiger partial charge >= 0.3 is 0 Å². The van der Waals surface area contributed by atoms with Crippen molar-refractivity contribution in [1.29, 1.82) is 0 Å². The fraction of sp³-hybridized carbons (Fsp3) is 0.600. The Labute approximate surface area is 104 Å². The molecule has 0 bridgehead atoms. The zero-order valence-corrected chi connectivity index (χ0v) is 11.3. The molecule has 1 aliphatic heterocycles. The van der Waals surface area contributed by atoms with Crippen molar-refractivity contribution < 1.29 is 4.74 Å². The summed E-state index contributed by atoms with van der Waals surface area (Å²) in [5.74, 6) is 2.43. The first-order chi connectivity index (χ1) is 8.11. The lowest BCUT2D eigenvalue weighted by molar-refractivity contribution is 0.362. The van der Waals surface area contributed by atoms with E-state index in [0.29, 0.717) is 5.92 Å². The van der Waals surface area contributed by atoms with Crippen molar-refractivity contribution in [3.05, 3.63) is 28.8 Å². The van der Waals surface area contributed by atoms with E-state index < -0.39 is 0 Å². The largest absolute Gasteiger partial charge is 0.496 e. The summed E-state index contributed by atoms with van der Waals surface area (Å²) in [5, 5.41) is 3.53. The maximum absolute atomic E-state index is 5.37. The normalized spacial score (nSPS) is 24.7. The van der Waals surface area contributed by atoms with E-state index in [1.54, 1.807) is 7.11 Å². The summed E-state index contributed by atoms with van der Waals surface area (Å²) < 4.78 is 5.37. The van der Waals surface area contributed by atoms with E-state index >= 15 is 0 Å². The van der Waals surface area contributed by atoms with Gasteiger partial charge in [0.05, 0.1) is 7.11 Å². The lowest BCUT2D eigenvalue weighted by atomic mass is 9.84. The molecule has 0 spiro atoms. The number of piperidine rings is 1. The summed E-state index contributed by atoms with van der Waals surface area (Å²) in [6, 6.07) is 4.47. The minimum absolute atomic E-state index is 0.656. The number of methoxy groups -OCH3 is 1. The zero-order valence-electron chi connectivity index (χ0n) is 11.3. The molecular formula is C15H23NO. The van der Waals surface area contributed by atoms with Gasteiger partial charge in [0.1, 0.15) is 5.75 Å². The van der Waals surface area contributed by atoms with Gasteiger partial charge in [-0.2, -0.15) is 0 Å². The highest BCUT2D eigenvalue weighted by Crippen LogP contribution is 2.32. The molecule has 0 aromatic heterocycles. The Balaban J connectivity index is 2.28. The van der Waals surface area contributed by atoms with Gasteiger partial charge in [-0.15, -0.1) is 0 Å². The van der Waals surface area contributed by atoms with Gasteiger partial charge in [-0.05, 0) is 61.4 Å². The summed E-state index contributed by atoms with van der Waals surface area (Å²) in [5.41, 5.74) is 4.09. The molecule has 1 aliphatic rings. The van der Waals surface area contributed by atoms with Crippen LogP contribution in [0.4, 0.5) is 0 Å².